The highest BCUT2D eigenvalue weighted by atomic mass is 31.3. The molecule has 0 aromatic heterocycles. The van der Waals surface area contributed by atoms with E-state index >= 15 is 0 Å². The molecule has 240 valence electrons. The zero-order chi connectivity index (χ0) is 34.0. The molecule has 41 heavy (non-hydrogen) atoms. The predicted molar refractivity (Wildman–Crippen MR) is 146 cm³/mol. The molecule has 0 radical (unpaired) electrons. The van der Waals surface area contributed by atoms with E-state index in [2.05, 4.69) is 47.7 Å². The van der Waals surface area contributed by atoms with Crippen LogP contribution in [0.4, 0.5) is 0 Å². The molecular formula is C8H36N24O7P2. The maximum absolute atomic E-state index is 9.63. The van der Waals surface area contributed by atoms with Gasteiger partial charge in [0.15, 0.2) is 0 Å². The van der Waals surface area contributed by atoms with Crippen molar-refractivity contribution in [3.8, 4) is 0 Å². The minimum absolute atomic E-state index is 0.278. The van der Waals surface area contributed by atoms with E-state index < -0.39 is 15.6 Å². The number of phosphoric acid groups is 2. The highest BCUT2D eigenvalue weighted by molar-refractivity contribution is 7.60. The van der Waals surface area contributed by atoms with Crippen molar-refractivity contribution in [3.05, 3.63) is 0 Å². The molecule has 0 heterocycles. The molecule has 0 aliphatic carbocycles. The van der Waals surface area contributed by atoms with E-state index in [0.29, 0.717) is 0 Å². The van der Waals surface area contributed by atoms with Crippen molar-refractivity contribution in [2.45, 2.75) is 0 Å². The zero-order valence-corrected chi connectivity index (χ0v) is 22.3. The number of guanidine groups is 8. The average molecular weight is 642 g/mol. The van der Waals surface area contributed by atoms with Crippen molar-refractivity contribution >= 4 is 63.3 Å². The summed E-state index contributed by atoms with van der Waals surface area (Å²) in [5.41, 5.74) is 55.2. The van der Waals surface area contributed by atoms with Crippen LogP contribution in [0.5, 0.6) is 0 Å². The number of rotatable bonds is 2. The second-order valence-electron chi connectivity index (χ2n) is 5.37. The standard InChI is InChI=1S/4C2H8N6.H4O7P2/c4*3-1(4)7-8-2(5)6;1-8(2,3)7-9(4,5)6/h4*(H4,3,4,7)(H4,5,6,8);(H2,1,2,3)(H2,4,5,6). The third-order valence-corrected chi connectivity index (χ3v) is 3.24. The van der Waals surface area contributed by atoms with Crippen LogP contribution in [0.25, 0.3) is 0 Å². The molecule has 36 N–H and O–H groups in total. The second-order valence-corrected chi connectivity index (χ2v) is 7.99. The Kier molecular flexibility index (Phi) is 27.4. The third kappa shape index (κ3) is 86.8. The van der Waals surface area contributed by atoms with Crippen molar-refractivity contribution in [1.82, 2.24) is 43.4 Å². The highest BCUT2D eigenvalue weighted by Crippen LogP contribution is 2.53. The Hall–Kier alpha value is -5.58. The first kappa shape index (κ1) is 45.3. The van der Waals surface area contributed by atoms with Crippen LogP contribution in [0, 0.1) is 43.3 Å². The Morgan fingerprint density at radius 3 is 0.512 bits per heavy atom. The van der Waals surface area contributed by atoms with Gasteiger partial charge in [-0.25, -0.2) is 9.13 Å². The molecule has 0 saturated carbocycles. The lowest BCUT2D eigenvalue weighted by Gasteiger charge is -2.03. The number of nitrogens with one attached hydrogen (secondary N) is 16. The van der Waals surface area contributed by atoms with Crippen molar-refractivity contribution in [2.24, 2.45) is 45.9 Å². The number of hydrogen-bond donors (Lipinski definition) is 28. The summed E-state index contributed by atoms with van der Waals surface area (Å²) >= 11 is 0. The van der Waals surface area contributed by atoms with Gasteiger partial charge in [0, 0.05) is 0 Å². The quantitative estimate of drug-likeness (QED) is 0.0575. The lowest BCUT2D eigenvalue weighted by molar-refractivity contribution is 0.225. The lowest BCUT2D eigenvalue weighted by Crippen LogP contribution is -2.47. The van der Waals surface area contributed by atoms with Crippen molar-refractivity contribution in [1.29, 1.82) is 43.3 Å². The molecule has 0 aliphatic heterocycles. The molecule has 0 aromatic carbocycles. The smallest absolute Gasteiger partial charge is 0.369 e. The van der Waals surface area contributed by atoms with Gasteiger partial charge in [-0.15, -0.1) is 0 Å². The normalized spacial score (nSPS) is 8.88. The van der Waals surface area contributed by atoms with Gasteiger partial charge < -0.3 is 65.4 Å². The summed E-state index contributed by atoms with van der Waals surface area (Å²) in [6.07, 6.45) is 0. The monoisotopic (exact) mass is 642 g/mol. The fraction of sp³-hybridized carbons (Fsp3) is 0. The topological polar surface area (TPSA) is 619 Å². The fourth-order valence-corrected chi connectivity index (χ4v) is 1.79. The summed E-state index contributed by atoms with van der Waals surface area (Å²) in [7, 11) is -10.1. The van der Waals surface area contributed by atoms with Crippen LogP contribution in [0.3, 0.4) is 0 Å². The largest absolute Gasteiger partial charge is 0.478 e. The molecule has 0 rings (SSSR count). The predicted octanol–water partition coefficient (Wildman–Crippen LogP) is -9.34. The summed E-state index contributed by atoms with van der Waals surface area (Å²) in [6, 6.07) is 0. The summed E-state index contributed by atoms with van der Waals surface area (Å²) < 4.78 is 22.2. The third-order valence-electron chi connectivity index (χ3n) is 1.54. The van der Waals surface area contributed by atoms with Crippen LogP contribution in [0.15, 0.2) is 0 Å². The second kappa shape index (κ2) is 24.7. The van der Waals surface area contributed by atoms with E-state index in [1.165, 1.54) is 0 Å². The fourth-order valence-electron chi connectivity index (χ4n) is 0.677. The van der Waals surface area contributed by atoms with Gasteiger partial charge in [0.25, 0.3) is 0 Å². The molecule has 0 atom stereocenters. The molecule has 31 nitrogen and oxygen atoms in total. The van der Waals surface area contributed by atoms with E-state index in [1.54, 1.807) is 0 Å². The van der Waals surface area contributed by atoms with Gasteiger partial charge in [-0.2, -0.15) is 4.31 Å². The first-order valence-corrected chi connectivity index (χ1v) is 11.9. The Balaban J connectivity index is -0.000000132. The summed E-state index contributed by atoms with van der Waals surface area (Å²) in [4.78, 5) is 31.0. The summed E-state index contributed by atoms with van der Waals surface area (Å²) in [6.45, 7) is 0. The summed E-state index contributed by atoms with van der Waals surface area (Å²) in [5.74, 6) is -2.22. The van der Waals surface area contributed by atoms with Gasteiger partial charge in [0.1, 0.15) is 0 Å². The van der Waals surface area contributed by atoms with Crippen LogP contribution >= 0.6 is 15.6 Å². The first-order valence-electron chi connectivity index (χ1n) is 8.84. The van der Waals surface area contributed by atoms with Gasteiger partial charge in [0.2, 0.25) is 47.7 Å². The number of hydrazine groups is 4. The zero-order valence-electron chi connectivity index (χ0n) is 20.5. The van der Waals surface area contributed by atoms with Crippen LogP contribution in [-0.2, 0) is 13.4 Å². The van der Waals surface area contributed by atoms with Crippen molar-refractivity contribution in [3.63, 3.8) is 0 Å². The van der Waals surface area contributed by atoms with Crippen LogP contribution in [0.2, 0.25) is 0 Å². The Labute approximate surface area is 229 Å². The lowest BCUT2D eigenvalue weighted by atomic mass is 11.0. The van der Waals surface area contributed by atoms with Gasteiger partial charge in [-0.05, 0) is 0 Å². The van der Waals surface area contributed by atoms with Gasteiger partial charge in [-0.3, -0.25) is 86.7 Å². The van der Waals surface area contributed by atoms with Crippen molar-refractivity contribution in [2.75, 3.05) is 0 Å². The van der Waals surface area contributed by atoms with Crippen LogP contribution in [-0.4, -0.2) is 67.3 Å². The molecule has 0 spiro atoms. The van der Waals surface area contributed by atoms with Gasteiger partial charge in [0.05, 0.1) is 0 Å². The Morgan fingerprint density at radius 2 is 0.488 bits per heavy atom. The number of nitrogens with two attached hydrogens (primary N) is 8. The van der Waals surface area contributed by atoms with Gasteiger partial charge in [-0.1, -0.05) is 0 Å². The summed E-state index contributed by atoms with van der Waals surface area (Å²) in [5, 5.41) is 52.3. The first-order chi connectivity index (χ1) is 18.2. The molecule has 33 heteroatoms. The van der Waals surface area contributed by atoms with Gasteiger partial charge >= 0.3 is 15.6 Å². The van der Waals surface area contributed by atoms with Crippen LogP contribution < -0.4 is 89.3 Å². The van der Waals surface area contributed by atoms with E-state index in [9.17, 15) is 9.13 Å². The highest BCUT2D eigenvalue weighted by Gasteiger charge is 2.27. The number of hydrogen-bond acceptors (Lipinski definition) is 11. The van der Waals surface area contributed by atoms with Crippen molar-refractivity contribution < 1.29 is 33.0 Å². The maximum atomic E-state index is 9.63. The average Bonchev–Trinajstić information content (AvgIpc) is 2.72. The molecule has 0 bridgehead atoms. The van der Waals surface area contributed by atoms with E-state index in [1.807, 2.05) is 0 Å². The van der Waals surface area contributed by atoms with E-state index in [0.717, 1.165) is 0 Å². The minimum Gasteiger partial charge on any atom is -0.369 e. The maximum Gasteiger partial charge on any atom is 0.478 e. The van der Waals surface area contributed by atoms with E-state index in [4.69, 9.17) is 109 Å². The Morgan fingerprint density at radius 1 is 0.390 bits per heavy atom. The molecule has 0 fully saturated rings. The molecular weight excluding hydrogens is 606 g/mol. The SMILES string of the molecule is N=C(N)NNC(=N)N.N=C(N)NNC(=N)N.N=C(N)NNC(=N)N.N=C(N)NNC(=N)N.O=P(O)(O)OP(=O)(O)O. The molecule has 0 unspecified atom stereocenters. The minimum atomic E-state index is -5.05. The molecule has 0 amide bonds. The Bertz CT molecular complexity index is 785. The molecule has 0 aliphatic rings. The van der Waals surface area contributed by atoms with Crippen LogP contribution in [0.1, 0.15) is 0 Å². The van der Waals surface area contributed by atoms with E-state index in [-0.39, 0.29) is 47.7 Å². The molecule has 0 saturated heterocycles. The molecule has 0 aromatic rings.